The van der Waals surface area contributed by atoms with Crippen LogP contribution in [0.1, 0.15) is 29.0 Å². The molecular formula is C20H24N6O3S. The molecule has 0 aromatic carbocycles. The predicted octanol–water partition coefficient (Wildman–Crippen LogP) is 2.98. The molecule has 1 N–H and O–H groups in total. The first-order valence-electron chi connectivity index (χ1n) is 9.46. The Bertz CT molecular complexity index is 1030. The molecule has 0 aliphatic heterocycles. The maximum Gasteiger partial charge on any atom is 0.235 e. The van der Waals surface area contributed by atoms with Gasteiger partial charge in [0.15, 0.2) is 5.16 Å². The Labute approximate surface area is 179 Å². The Balaban J connectivity index is 1.70. The topological polar surface area (TPSA) is 111 Å². The Kier molecular flexibility index (Phi) is 7.32. The van der Waals surface area contributed by atoms with Crippen molar-refractivity contribution in [1.29, 1.82) is 5.26 Å². The van der Waals surface area contributed by atoms with Crippen molar-refractivity contribution in [2.45, 2.75) is 38.5 Å². The minimum atomic E-state index is -0.221. The van der Waals surface area contributed by atoms with Crippen LogP contribution in [-0.4, -0.2) is 44.7 Å². The van der Waals surface area contributed by atoms with Gasteiger partial charge in [-0.15, -0.1) is 10.2 Å². The highest BCUT2D eigenvalue weighted by atomic mass is 32.2. The predicted molar refractivity (Wildman–Crippen MR) is 112 cm³/mol. The summed E-state index contributed by atoms with van der Waals surface area (Å²) in [7, 11) is 1.66. The van der Waals surface area contributed by atoms with Gasteiger partial charge in [-0.3, -0.25) is 4.79 Å². The molecule has 30 heavy (non-hydrogen) atoms. The van der Waals surface area contributed by atoms with Gasteiger partial charge in [-0.2, -0.15) is 5.26 Å². The number of nitrogens with zero attached hydrogens (tertiary/aromatic N) is 5. The molecule has 1 amide bonds. The fraction of sp³-hybridized carbons (Fsp3) is 0.400. The van der Waals surface area contributed by atoms with Crippen molar-refractivity contribution in [2.24, 2.45) is 0 Å². The lowest BCUT2D eigenvalue weighted by Crippen LogP contribution is -2.19. The number of thioether (sulfide) groups is 1. The number of carbonyl (C=O) groups excluding carboxylic acids is 1. The van der Waals surface area contributed by atoms with Gasteiger partial charge in [0.25, 0.3) is 0 Å². The lowest BCUT2D eigenvalue weighted by Gasteiger charge is -2.12. The Hall–Kier alpha value is -3.03. The number of amides is 1. The van der Waals surface area contributed by atoms with E-state index >= 15 is 0 Å². The summed E-state index contributed by atoms with van der Waals surface area (Å²) in [5.74, 6) is 1.15. The minimum absolute atomic E-state index is 0.151. The van der Waals surface area contributed by atoms with E-state index in [1.54, 1.807) is 19.7 Å². The van der Waals surface area contributed by atoms with Gasteiger partial charge in [-0.1, -0.05) is 11.8 Å². The van der Waals surface area contributed by atoms with E-state index in [0.717, 1.165) is 23.4 Å². The lowest BCUT2D eigenvalue weighted by molar-refractivity contribution is -0.113. The zero-order chi connectivity index (χ0) is 21.5. The molecule has 158 valence electrons. The fourth-order valence-electron chi connectivity index (χ4n) is 3.07. The number of furan rings is 1. The summed E-state index contributed by atoms with van der Waals surface area (Å²) in [6.45, 7) is 5.59. The van der Waals surface area contributed by atoms with Crippen molar-refractivity contribution in [2.75, 3.05) is 24.8 Å². The third-order valence-electron chi connectivity index (χ3n) is 4.75. The van der Waals surface area contributed by atoms with Crippen LogP contribution < -0.4 is 5.32 Å². The molecule has 0 saturated heterocycles. The lowest BCUT2D eigenvalue weighted by atomic mass is 10.2. The molecular weight excluding hydrogens is 404 g/mol. The van der Waals surface area contributed by atoms with Gasteiger partial charge in [-0.25, -0.2) is 0 Å². The molecule has 10 heteroatoms. The van der Waals surface area contributed by atoms with Crippen molar-refractivity contribution in [1.82, 2.24) is 19.3 Å². The summed E-state index contributed by atoms with van der Waals surface area (Å²) in [5.41, 5.74) is 2.20. The van der Waals surface area contributed by atoms with Gasteiger partial charge >= 0.3 is 0 Å². The van der Waals surface area contributed by atoms with E-state index in [0.29, 0.717) is 36.2 Å². The number of anilines is 1. The first kappa shape index (κ1) is 21.7. The number of hydrogen-bond acceptors (Lipinski definition) is 7. The van der Waals surface area contributed by atoms with Crippen LogP contribution in [0.4, 0.5) is 5.82 Å². The molecule has 9 nitrogen and oxygen atoms in total. The number of methoxy groups -OCH3 is 1. The standard InChI is InChI=1S/C20H24N6O3S/c1-14-15(2)26(11-16-6-4-9-29-16)19(17(14)10-21)23-18(27)12-30-20-24-22-13-25(20)7-5-8-28-3/h4,6,9,13H,5,7-8,11-12H2,1-3H3,(H,23,27). The number of carbonyl (C=O) groups is 1. The number of hydrogen-bond donors (Lipinski definition) is 1. The first-order chi connectivity index (χ1) is 14.5. The van der Waals surface area contributed by atoms with Gasteiger partial charge < -0.3 is 23.6 Å². The van der Waals surface area contributed by atoms with Gasteiger partial charge in [0.05, 0.1) is 24.1 Å². The molecule has 0 radical (unpaired) electrons. The highest BCUT2D eigenvalue weighted by molar-refractivity contribution is 7.99. The van der Waals surface area contributed by atoms with E-state index in [-0.39, 0.29) is 11.7 Å². The fourth-order valence-corrected chi connectivity index (χ4v) is 3.81. The second-order valence-corrected chi connectivity index (χ2v) is 7.64. The summed E-state index contributed by atoms with van der Waals surface area (Å²) in [6.07, 6.45) is 4.08. The van der Waals surface area contributed by atoms with E-state index < -0.39 is 0 Å². The van der Waals surface area contributed by atoms with Gasteiger partial charge in [0.1, 0.15) is 24.0 Å². The Morgan fingerprint density at radius 1 is 1.43 bits per heavy atom. The SMILES string of the molecule is COCCCn1cnnc1SCC(=O)Nc1c(C#N)c(C)c(C)n1Cc1ccco1. The summed E-state index contributed by atoms with van der Waals surface area (Å²) >= 11 is 1.30. The number of nitriles is 1. The molecule has 3 aromatic rings. The van der Waals surface area contributed by atoms with Crippen LogP contribution in [0, 0.1) is 25.2 Å². The minimum Gasteiger partial charge on any atom is -0.467 e. The van der Waals surface area contributed by atoms with E-state index in [9.17, 15) is 10.1 Å². The number of nitrogens with one attached hydrogen (secondary N) is 1. The van der Waals surface area contributed by atoms with E-state index in [1.165, 1.54) is 11.8 Å². The molecule has 0 atom stereocenters. The molecule has 3 heterocycles. The summed E-state index contributed by atoms with van der Waals surface area (Å²) in [4.78, 5) is 12.7. The average Bonchev–Trinajstić information content (AvgIpc) is 3.45. The van der Waals surface area contributed by atoms with Crippen LogP contribution in [-0.2, 0) is 22.6 Å². The second-order valence-electron chi connectivity index (χ2n) is 6.70. The van der Waals surface area contributed by atoms with Crippen LogP contribution in [0.5, 0.6) is 0 Å². The maximum atomic E-state index is 12.7. The summed E-state index contributed by atoms with van der Waals surface area (Å²) in [5, 5.41) is 21.2. The molecule has 0 aliphatic rings. The average molecular weight is 429 g/mol. The van der Waals surface area contributed by atoms with Crippen LogP contribution in [0.3, 0.4) is 0 Å². The van der Waals surface area contributed by atoms with Crippen molar-refractivity contribution >= 4 is 23.5 Å². The van der Waals surface area contributed by atoms with Crippen LogP contribution in [0.25, 0.3) is 0 Å². The number of aryl methyl sites for hydroxylation is 1. The quantitative estimate of drug-likeness (QED) is 0.390. The van der Waals surface area contributed by atoms with Crippen molar-refractivity contribution < 1.29 is 13.9 Å². The highest BCUT2D eigenvalue weighted by Gasteiger charge is 2.20. The molecule has 0 saturated carbocycles. The maximum absolute atomic E-state index is 12.7. The highest BCUT2D eigenvalue weighted by Crippen LogP contribution is 2.28. The van der Waals surface area contributed by atoms with E-state index in [2.05, 4.69) is 21.6 Å². The largest absolute Gasteiger partial charge is 0.467 e. The molecule has 0 aliphatic carbocycles. The summed E-state index contributed by atoms with van der Waals surface area (Å²) < 4.78 is 14.3. The zero-order valence-corrected chi connectivity index (χ0v) is 18.0. The first-order valence-corrected chi connectivity index (χ1v) is 10.4. The van der Waals surface area contributed by atoms with Crippen molar-refractivity contribution in [3.63, 3.8) is 0 Å². The zero-order valence-electron chi connectivity index (χ0n) is 17.2. The van der Waals surface area contributed by atoms with Gasteiger partial charge in [0.2, 0.25) is 5.91 Å². The third kappa shape index (κ3) is 4.93. The van der Waals surface area contributed by atoms with Gasteiger partial charge in [0, 0.05) is 26.0 Å². The molecule has 0 spiro atoms. The molecule has 3 aromatic heterocycles. The van der Waals surface area contributed by atoms with Crippen molar-refractivity contribution in [3.05, 3.63) is 47.3 Å². The number of ether oxygens (including phenoxy) is 1. The monoisotopic (exact) mass is 428 g/mol. The molecule has 0 bridgehead atoms. The van der Waals surface area contributed by atoms with Crippen LogP contribution >= 0.6 is 11.8 Å². The van der Waals surface area contributed by atoms with Crippen LogP contribution in [0.15, 0.2) is 34.3 Å². The molecule has 3 rings (SSSR count). The number of aromatic nitrogens is 4. The smallest absolute Gasteiger partial charge is 0.235 e. The van der Waals surface area contributed by atoms with Crippen LogP contribution in [0.2, 0.25) is 0 Å². The Morgan fingerprint density at radius 2 is 2.27 bits per heavy atom. The Morgan fingerprint density at radius 3 is 2.97 bits per heavy atom. The molecule has 0 fully saturated rings. The van der Waals surface area contributed by atoms with E-state index in [4.69, 9.17) is 9.15 Å². The van der Waals surface area contributed by atoms with Crippen molar-refractivity contribution in [3.8, 4) is 6.07 Å². The molecule has 0 unspecified atom stereocenters. The second kappa shape index (κ2) is 10.1. The number of rotatable bonds is 10. The van der Waals surface area contributed by atoms with Gasteiger partial charge in [-0.05, 0) is 38.0 Å². The normalized spacial score (nSPS) is 10.9. The third-order valence-corrected chi connectivity index (χ3v) is 5.73. The van der Waals surface area contributed by atoms with E-state index in [1.807, 2.05) is 35.1 Å². The summed E-state index contributed by atoms with van der Waals surface area (Å²) in [6, 6.07) is 5.88.